The molecule has 0 amide bonds. The number of phenolic OH excluding ortho intramolecular Hbond substituents is 1. The van der Waals surface area contributed by atoms with Gasteiger partial charge in [-0.1, -0.05) is 24.0 Å². The second-order valence-corrected chi connectivity index (χ2v) is 3.94. The maximum absolute atomic E-state index is 9.02. The first-order chi connectivity index (χ1) is 6.72. The van der Waals surface area contributed by atoms with Crippen LogP contribution in [0.15, 0.2) is 29.4 Å². The van der Waals surface area contributed by atoms with Gasteiger partial charge in [0, 0.05) is 0 Å². The molecule has 74 valence electrons. The zero-order chi connectivity index (χ0) is 10.4. The molecular weight excluding hydrogens is 216 g/mol. The summed E-state index contributed by atoms with van der Waals surface area (Å²) in [5.74, 6) is 0.245. The Hall–Kier alpha value is -1.07. The van der Waals surface area contributed by atoms with Crippen molar-refractivity contribution in [2.24, 2.45) is 5.10 Å². The summed E-state index contributed by atoms with van der Waals surface area (Å²) in [6, 6.07) is 6.74. The molecule has 0 aliphatic carbocycles. The number of nitrogens with zero attached hydrogens (tertiary/aromatic N) is 1. The average Bonchev–Trinajstić information content (AvgIpc) is 2.21. The van der Waals surface area contributed by atoms with Crippen LogP contribution in [0.4, 0.5) is 0 Å². The van der Waals surface area contributed by atoms with Crippen molar-refractivity contribution < 1.29 is 5.11 Å². The van der Waals surface area contributed by atoms with Crippen molar-refractivity contribution in [2.75, 3.05) is 6.26 Å². The number of nitrogens with one attached hydrogen (secondary N) is 1. The van der Waals surface area contributed by atoms with E-state index in [9.17, 15) is 0 Å². The summed E-state index contributed by atoms with van der Waals surface area (Å²) < 4.78 is 0.625. The number of thiocarbonyl (C=S) groups is 1. The Morgan fingerprint density at radius 2 is 2.14 bits per heavy atom. The Labute approximate surface area is 92.2 Å². The quantitative estimate of drug-likeness (QED) is 0.460. The van der Waals surface area contributed by atoms with Gasteiger partial charge in [0.2, 0.25) is 0 Å². The number of hydrogen-bond donors (Lipinski definition) is 2. The third kappa shape index (κ3) is 3.76. The first-order valence-corrected chi connectivity index (χ1v) is 5.51. The molecule has 0 spiro atoms. The van der Waals surface area contributed by atoms with Crippen LogP contribution in [0, 0.1) is 0 Å². The van der Waals surface area contributed by atoms with Crippen molar-refractivity contribution in [3.05, 3.63) is 29.8 Å². The van der Waals surface area contributed by atoms with Crippen LogP contribution in [-0.4, -0.2) is 21.9 Å². The van der Waals surface area contributed by atoms with Gasteiger partial charge in [-0.3, -0.25) is 5.43 Å². The van der Waals surface area contributed by atoms with E-state index in [-0.39, 0.29) is 5.75 Å². The van der Waals surface area contributed by atoms with E-state index in [4.69, 9.17) is 17.3 Å². The Morgan fingerprint density at radius 3 is 2.71 bits per heavy atom. The molecule has 0 bridgehead atoms. The number of hydrogen-bond acceptors (Lipinski definition) is 4. The lowest BCUT2D eigenvalue weighted by molar-refractivity contribution is 0.475. The van der Waals surface area contributed by atoms with Gasteiger partial charge in [0.25, 0.3) is 0 Å². The van der Waals surface area contributed by atoms with Gasteiger partial charge in [0.1, 0.15) is 5.75 Å². The zero-order valence-corrected chi connectivity index (χ0v) is 9.23. The summed E-state index contributed by atoms with van der Waals surface area (Å²) in [6.07, 6.45) is 3.52. The van der Waals surface area contributed by atoms with Gasteiger partial charge >= 0.3 is 0 Å². The number of benzene rings is 1. The van der Waals surface area contributed by atoms with Crippen LogP contribution >= 0.6 is 24.0 Å². The van der Waals surface area contributed by atoms with Gasteiger partial charge < -0.3 is 5.11 Å². The molecule has 0 aliphatic rings. The molecular formula is C9H10N2OS2. The first-order valence-electron chi connectivity index (χ1n) is 3.88. The lowest BCUT2D eigenvalue weighted by Gasteiger charge is -1.97. The molecule has 0 aromatic heterocycles. The average molecular weight is 226 g/mol. The van der Waals surface area contributed by atoms with Crippen LogP contribution in [0.25, 0.3) is 0 Å². The highest BCUT2D eigenvalue weighted by molar-refractivity contribution is 8.22. The van der Waals surface area contributed by atoms with Crippen molar-refractivity contribution in [2.45, 2.75) is 0 Å². The molecule has 0 saturated carbocycles. The molecule has 0 heterocycles. The fraction of sp³-hybridized carbons (Fsp3) is 0.111. The van der Waals surface area contributed by atoms with Gasteiger partial charge in [-0.25, -0.2) is 0 Å². The predicted octanol–water partition coefficient (Wildman–Crippen LogP) is 1.96. The minimum Gasteiger partial charge on any atom is -0.508 e. The van der Waals surface area contributed by atoms with Crippen LogP contribution < -0.4 is 5.43 Å². The molecule has 2 N–H and O–H groups in total. The summed E-state index contributed by atoms with van der Waals surface area (Å²) in [6.45, 7) is 0. The van der Waals surface area contributed by atoms with E-state index in [0.717, 1.165) is 5.56 Å². The van der Waals surface area contributed by atoms with Crippen LogP contribution in [0.5, 0.6) is 5.75 Å². The van der Waals surface area contributed by atoms with E-state index in [1.165, 1.54) is 11.8 Å². The van der Waals surface area contributed by atoms with Crippen molar-refractivity contribution in [3.8, 4) is 5.75 Å². The molecule has 5 heteroatoms. The highest BCUT2D eigenvalue weighted by Gasteiger charge is 1.89. The monoisotopic (exact) mass is 226 g/mol. The normalized spacial score (nSPS) is 10.4. The standard InChI is InChI=1S/C9H10N2OS2/c1-14-9(13)11-10-6-7-2-4-8(12)5-3-7/h2-6,12H,1H3,(H,11,13). The number of thioether (sulfide) groups is 1. The van der Waals surface area contributed by atoms with Crippen molar-refractivity contribution >= 4 is 34.5 Å². The fourth-order valence-corrected chi connectivity index (χ4v) is 0.962. The molecule has 1 aromatic rings. The molecule has 0 radical (unpaired) electrons. The summed E-state index contributed by atoms with van der Waals surface area (Å²) >= 11 is 6.32. The molecule has 1 aromatic carbocycles. The Morgan fingerprint density at radius 1 is 1.50 bits per heavy atom. The number of aromatic hydroxyl groups is 1. The van der Waals surface area contributed by atoms with E-state index >= 15 is 0 Å². The molecule has 0 saturated heterocycles. The van der Waals surface area contributed by atoms with Gasteiger partial charge in [-0.05, 0) is 36.1 Å². The Kier molecular flexibility index (Phi) is 4.42. The summed E-state index contributed by atoms with van der Waals surface area (Å²) in [7, 11) is 0. The maximum atomic E-state index is 9.02. The smallest absolute Gasteiger partial charge is 0.153 e. The van der Waals surface area contributed by atoms with E-state index in [0.29, 0.717) is 4.32 Å². The summed E-state index contributed by atoms with van der Waals surface area (Å²) in [5, 5.41) is 12.9. The SMILES string of the molecule is CSC(=S)NN=Cc1ccc(O)cc1. The van der Waals surface area contributed by atoms with Crippen molar-refractivity contribution in [3.63, 3.8) is 0 Å². The molecule has 1 rings (SSSR count). The second kappa shape index (κ2) is 5.62. The number of hydrazone groups is 1. The number of rotatable bonds is 2. The van der Waals surface area contributed by atoms with Crippen LogP contribution in [0.2, 0.25) is 0 Å². The minimum atomic E-state index is 0.245. The van der Waals surface area contributed by atoms with E-state index < -0.39 is 0 Å². The second-order valence-electron chi connectivity index (χ2n) is 2.45. The maximum Gasteiger partial charge on any atom is 0.153 e. The van der Waals surface area contributed by atoms with Gasteiger partial charge in [-0.15, -0.1) is 0 Å². The van der Waals surface area contributed by atoms with Gasteiger partial charge in [0.15, 0.2) is 4.32 Å². The van der Waals surface area contributed by atoms with E-state index in [2.05, 4.69) is 10.5 Å². The van der Waals surface area contributed by atoms with Crippen LogP contribution in [0.1, 0.15) is 5.56 Å². The fourth-order valence-electron chi connectivity index (χ4n) is 0.766. The summed E-state index contributed by atoms with van der Waals surface area (Å²) in [5.41, 5.74) is 3.60. The van der Waals surface area contributed by atoms with Crippen LogP contribution in [-0.2, 0) is 0 Å². The molecule has 0 aliphatic heterocycles. The van der Waals surface area contributed by atoms with E-state index in [1.54, 1.807) is 30.5 Å². The minimum absolute atomic E-state index is 0.245. The lowest BCUT2D eigenvalue weighted by atomic mass is 10.2. The van der Waals surface area contributed by atoms with Crippen molar-refractivity contribution in [1.29, 1.82) is 0 Å². The topological polar surface area (TPSA) is 44.6 Å². The highest BCUT2D eigenvalue weighted by Crippen LogP contribution is 2.07. The van der Waals surface area contributed by atoms with Gasteiger partial charge in [0.05, 0.1) is 6.21 Å². The third-order valence-corrected chi connectivity index (χ3v) is 2.50. The molecule has 0 unspecified atom stereocenters. The predicted molar refractivity (Wildman–Crippen MR) is 64.9 cm³/mol. The third-order valence-electron chi connectivity index (χ3n) is 1.45. The zero-order valence-electron chi connectivity index (χ0n) is 7.60. The van der Waals surface area contributed by atoms with Gasteiger partial charge in [-0.2, -0.15) is 5.10 Å². The largest absolute Gasteiger partial charge is 0.508 e. The Bertz CT molecular complexity index is 335. The summed E-state index contributed by atoms with van der Waals surface area (Å²) in [4.78, 5) is 0. The molecule has 14 heavy (non-hydrogen) atoms. The van der Waals surface area contributed by atoms with Crippen molar-refractivity contribution in [1.82, 2.24) is 5.43 Å². The molecule has 0 fully saturated rings. The van der Waals surface area contributed by atoms with Crippen LogP contribution in [0.3, 0.4) is 0 Å². The molecule has 0 atom stereocenters. The number of phenols is 1. The van der Waals surface area contributed by atoms with E-state index in [1.807, 2.05) is 6.26 Å². The highest BCUT2D eigenvalue weighted by atomic mass is 32.2. The molecule has 3 nitrogen and oxygen atoms in total. The first kappa shape index (κ1) is 11.0. The lowest BCUT2D eigenvalue weighted by Crippen LogP contribution is -2.09. The Balaban J connectivity index is 2.52.